The summed E-state index contributed by atoms with van der Waals surface area (Å²) in [7, 11) is 0. The Labute approximate surface area is 79.6 Å². The summed E-state index contributed by atoms with van der Waals surface area (Å²) in [5, 5.41) is 5.68. The lowest BCUT2D eigenvalue weighted by Gasteiger charge is -2.04. The lowest BCUT2D eigenvalue weighted by Crippen LogP contribution is -2.37. The van der Waals surface area contributed by atoms with Gasteiger partial charge in [0.1, 0.15) is 0 Å². The Morgan fingerprint density at radius 3 is 2.62 bits per heavy atom. The quantitative estimate of drug-likeness (QED) is 0.640. The number of allylic oxidation sites excluding steroid dienone is 1. The number of urea groups is 1. The van der Waals surface area contributed by atoms with Crippen LogP contribution in [-0.4, -0.2) is 18.6 Å². The summed E-state index contributed by atoms with van der Waals surface area (Å²) in [6.45, 7) is 6.79. The number of hydrogen-bond donors (Lipinski definition) is 2. The van der Waals surface area contributed by atoms with Gasteiger partial charge in [-0.3, -0.25) is 0 Å². The molecule has 0 heterocycles. The highest BCUT2D eigenvalue weighted by molar-refractivity contribution is 5.74. The smallest absolute Gasteiger partial charge is 0.315 e. The number of hydrogen-bond acceptors (Lipinski definition) is 1. The van der Waals surface area contributed by atoms with E-state index < -0.39 is 0 Å². The first-order valence-electron chi connectivity index (χ1n) is 4.77. The molecule has 0 aromatic heterocycles. The number of amides is 2. The highest BCUT2D eigenvalue weighted by atomic mass is 16.2. The van der Waals surface area contributed by atoms with E-state index >= 15 is 0 Å². The second-order valence-corrected chi connectivity index (χ2v) is 3.96. The standard InChI is InChI=1S/C10H18N2O/c1-7(2)4-5-11-10(13)12-9-6-8(9)3/h4,8-9H,5-6H2,1-3H3,(H2,11,12,13). The Morgan fingerprint density at radius 1 is 1.54 bits per heavy atom. The van der Waals surface area contributed by atoms with Crippen molar-refractivity contribution in [1.82, 2.24) is 10.6 Å². The van der Waals surface area contributed by atoms with Crippen molar-refractivity contribution in [3.63, 3.8) is 0 Å². The third kappa shape index (κ3) is 3.97. The second kappa shape index (κ2) is 4.30. The minimum Gasteiger partial charge on any atom is -0.335 e. The molecule has 1 aliphatic carbocycles. The summed E-state index contributed by atoms with van der Waals surface area (Å²) in [6, 6.07) is 0.360. The minimum absolute atomic E-state index is 0.0492. The first kappa shape index (κ1) is 10.1. The molecule has 1 fully saturated rings. The van der Waals surface area contributed by atoms with Crippen molar-refractivity contribution in [2.75, 3.05) is 6.54 Å². The fourth-order valence-corrected chi connectivity index (χ4v) is 1.09. The number of rotatable bonds is 3. The third-order valence-corrected chi connectivity index (χ3v) is 2.20. The van der Waals surface area contributed by atoms with E-state index in [4.69, 9.17) is 0 Å². The summed E-state index contributed by atoms with van der Waals surface area (Å²) in [5.74, 6) is 0.661. The largest absolute Gasteiger partial charge is 0.335 e. The Kier molecular flexibility index (Phi) is 3.34. The molecule has 1 rings (SSSR count). The fourth-order valence-electron chi connectivity index (χ4n) is 1.09. The van der Waals surface area contributed by atoms with Crippen LogP contribution in [0.2, 0.25) is 0 Å². The maximum atomic E-state index is 11.2. The summed E-state index contributed by atoms with van der Waals surface area (Å²) in [6.07, 6.45) is 3.12. The van der Waals surface area contributed by atoms with Crippen molar-refractivity contribution in [2.24, 2.45) is 5.92 Å². The van der Waals surface area contributed by atoms with Crippen LogP contribution in [0, 0.1) is 5.92 Å². The van der Waals surface area contributed by atoms with Gasteiger partial charge in [0, 0.05) is 12.6 Å². The molecule has 2 atom stereocenters. The molecule has 2 unspecified atom stereocenters. The molecule has 3 nitrogen and oxygen atoms in total. The molecule has 0 aliphatic heterocycles. The Morgan fingerprint density at radius 2 is 2.15 bits per heavy atom. The van der Waals surface area contributed by atoms with Gasteiger partial charge in [-0.25, -0.2) is 4.79 Å². The molecular weight excluding hydrogens is 164 g/mol. The zero-order valence-electron chi connectivity index (χ0n) is 8.55. The monoisotopic (exact) mass is 182 g/mol. The highest BCUT2D eigenvalue weighted by Gasteiger charge is 2.33. The third-order valence-electron chi connectivity index (χ3n) is 2.20. The molecular formula is C10H18N2O. The second-order valence-electron chi connectivity index (χ2n) is 3.96. The summed E-state index contributed by atoms with van der Waals surface area (Å²) in [5.41, 5.74) is 1.22. The van der Waals surface area contributed by atoms with Crippen LogP contribution in [-0.2, 0) is 0 Å². The topological polar surface area (TPSA) is 41.1 Å². The molecule has 0 radical (unpaired) electrons. The molecule has 2 N–H and O–H groups in total. The van der Waals surface area contributed by atoms with Gasteiger partial charge in [-0.05, 0) is 26.2 Å². The first-order chi connectivity index (χ1) is 6.09. The molecule has 2 amide bonds. The molecule has 1 aliphatic rings. The molecule has 0 aromatic carbocycles. The zero-order valence-corrected chi connectivity index (χ0v) is 8.55. The van der Waals surface area contributed by atoms with Gasteiger partial charge in [0.25, 0.3) is 0 Å². The average Bonchev–Trinajstić information content (AvgIpc) is 2.65. The SMILES string of the molecule is CC(C)=CCNC(=O)NC1CC1C. The maximum absolute atomic E-state index is 11.2. The van der Waals surface area contributed by atoms with E-state index in [2.05, 4.69) is 17.6 Å². The van der Waals surface area contributed by atoms with Gasteiger partial charge < -0.3 is 10.6 Å². The molecule has 0 bridgehead atoms. The fraction of sp³-hybridized carbons (Fsp3) is 0.700. The molecule has 0 spiro atoms. The van der Waals surface area contributed by atoms with Crippen molar-refractivity contribution in [3.05, 3.63) is 11.6 Å². The van der Waals surface area contributed by atoms with Crippen LogP contribution in [0.3, 0.4) is 0 Å². The minimum atomic E-state index is -0.0492. The van der Waals surface area contributed by atoms with Crippen LogP contribution in [0.4, 0.5) is 4.79 Å². The van der Waals surface area contributed by atoms with Crippen LogP contribution >= 0.6 is 0 Å². The van der Waals surface area contributed by atoms with E-state index in [-0.39, 0.29) is 6.03 Å². The van der Waals surface area contributed by atoms with Crippen molar-refractivity contribution < 1.29 is 4.79 Å². The van der Waals surface area contributed by atoms with Gasteiger partial charge in [-0.15, -0.1) is 0 Å². The van der Waals surface area contributed by atoms with Crippen molar-refractivity contribution in [1.29, 1.82) is 0 Å². The van der Waals surface area contributed by atoms with Gasteiger partial charge in [0.2, 0.25) is 0 Å². The number of carbonyl (C=O) groups excluding carboxylic acids is 1. The molecule has 13 heavy (non-hydrogen) atoms. The highest BCUT2D eigenvalue weighted by Crippen LogP contribution is 2.28. The molecule has 74 valence electrons. The normalized spacial score (nSPS) is 24.8. The van der Waals surface area contributed by atoms with Crippen LogP contribution < -0.4 is 10.6 Å². The summed E-state index contributed by atoms with van der Waals surface area (Å²) < 4.78 is 0. The lowest BCUT2D eigenvalue weighted by atomic mass is 10.3. The van der Waals surface area contributed by atoms with Gasteiger partial charge in [0.15, 0.2) is 0 Å². The van der Waals surface area contributed by atoms with E-state index in [1.165, 1.54) is 5.57 Å². The number of nitrogens with one attached hydrogen (secondary N) is 2. The van der Waals surface area contributed by atoms with Crippen LogP contribution in [0.1, 0.15) is 27.2 Å². The number of carbonyl (C=O) groups is 1. The first-order valence-corrected chi connectivity index (χ1v) is 4.77. The van der Waals surface area contributed by atoms with Gasteiger partial charge >= 0.3 is 6.03 Å². The average molecular weight is 182 g/mol. The lowest BCUT2D eigenvalue weighted by molar-refractivity contribution is 0.241. The van der Waals surface area contributed by atoms with Gasteiger partial charge in [-0.1, -0.05) is 18.6 Å². The maximum Gasteiger partial charge on any atom is 0.315 e. The molecule has 1 saturated carbocycles. The molecule has 3 heteroatoms. The molecule has 0 aromatic rings. The van der Waals surface area contributed by atoms with Crippen LogP contribution in [0.25, 0.3) is 0 Å². The predicted octanol–water partition coefficient (Wildman–Crippen LogP) is 1.66. The predicted molar refractivity (Wildman–Crippen MR) is 53.5 cm³/mol. The van der Waals surface area contributed by atoms with Crippen molar-refractivity contribution in [3.8, 4) is 0 Å². The van der Waals surface area contributed by atoms with E-state index in [1.54, 1.807) is 0 Å². The Bertz CT molecular complexity index is 219. The van der Waals surface area contributed by atoms with Crippen LogP contribution in [0.15, 0.2) is 11.6 Å². The Hall–Kier alpha value is -0.990. The van der Waals surface area contributed by atoms with Crippen LogP contribution in [0.5, 0.6) is 0 Å². The Balaban J connectivity index is 2.08. The van der Waals surface area contributed by atoms with E-state index in [1.807, 2.05) is 19.9 Å². The van der Waals surface area contributed by atoms with E-state index in [0.29, 0.717) is 18.5 Å². The van der Waals surface area contributed by atoms with E-state index in [0.717, 1.165) is 6.42 Å². The molecule has 0 saturated heterocycles. The summed E-state index contributed by atoms with van der Waals surface area (Å²) in [4.78, 5) is 11.2. The zero-order chi connectivity index (χ0) is 9.84. The van der Waals surface area contributed by atoms with Crippen molar-refractivity contribution >= 4 is 6.03 Å². The van der Waals surface area contributed by atoms with Gasteiger partial charge in [0.05, 0.1) is 0 Å². The van der Waals surface area contributed by atoms with Crippen molar-refractivity contribution in [2.45, 2.75) is 33.2 Å². The van der Waals surface area contributed by atoms with Gasteiger partial charge in [-0.2, -0.15) is 0 Å². The summed E-state index contributed by atoms with van der Waals surface area (Å²) >= 11 is 0. The van der Waals surface area contributed by atoms with E-state index in [9.17, 15) is 4.79 Å².